The predicted molar refractivity (Wildman–Crippen MR) is 74.3 cm³/mol. The van der Waals surface area contributed by atoms with Gasteiger partial charge in [0.05, 0.1) is 5.69 Å². The van der Waals surface area contributed by atoms with Crippen LogP contribution in [0.25, 0.3) is 0 Å². The summed E-state index contributed by atoms with van der Waals surface area (Å²) in [6, 6.07) is 5.25. The van der Waals surface area contributed by atoms with Crippen LogP contribution in [0.2, 0.25) is 0 Å². The van der Waals surface area contributed by atoms with Gasteiger partial charge in [-0.2, -0.15) is 12.7 Å². The zero-order valence-corrected chi connectivity index (χ0v) is 12.8. The minimum atomic E-state index is -3.47. The van der Waals surface area contributed by atoms with Gasteiger partial charge < -0.3 is 0 Å². The van der Waals surface area contributed by atoms with E-state index in [0.717, 1.165) is 10.0 Å². The zero-order valence-electron chi connectivity index (χ0n) is 10.4. The van der Waals surface area contributed by atoms with Gasteiger partial charge in [-0.05, 0) is 44.5 Å². The third-order valence-electron chi connectivity index (χ3n) is 2.51. The van der Waals surface area contributed by atoms with Crippen molar-refractivity contribution in [2.45, 2.75) is 26.8 Å². The van der Waals surface area contributed by atoms with Crippen LogP contribution in [0.15, 0.2) is 22.7 Å². The van der Waals surface area contributed by atoms with Crippen LogP contribution in [-0.2, 0) is 10.2 Å². The molecule has 0 amide bonds. The van der Waals surface area contributed by atoms with Crippen LogP contribution in [0, 0.1) is 6.92 Å². The number of halogens is 1. The molecule has 0 saturated heterocycles. The van der Waals surface area contributed by atoms with Crippen molar-refractivity contribution in [3.63, 3.8) is 0 Å². The van der Waals surface area contributed by atoms with Crippen molar-refractivity contribution in [3.8, 4) is 0 Å². The van der Waals surface area contributed by atoms with E-state index >= 15 is 0 Å². The maximum atomic E-state index is 11.9. The van der Waals surface area contributed by atoms with Gasteiger partial charge in [0.15, 0.2) is 0 Å². The molecule has 4 nitrogen and oxygen atoms in total. The molecule has 0 unspecified atom stereocenters. The molecule has 0 aliphatic carbocycles. The fraction of sp³-hybridized carbons (Fsp3) is 0.455. The minimum absolute atomic E-state index is 0.0796. The van der Waals surface area contributed by atoms with E-state index < -0.39 is 10.2 Å². The second-order valence-corrected chi connectivity index (χ2v) is 6.77. The summed E-state index contributed by atoms with van der Waals surface area (Å²) in [5.41, 5.74) is 1.55. The third-order valence-corrected chi connectivity index (χ3v) is 5.07. The molecule has 0 fully saturated rings. The average Bonchev–Trinajstić information content (AvgIpc) is 2.22. The second kappa shape index (κ2) is 5.37. The Labute approximate surface area is 111 Å². The van der Waals surface area contributed by atoms with Crippen LogP contribution in [0.4, 0.5) is 5.69 Å². The molecule has 1 rings (SSSR count). The van der Waals surface area contributed by atoms with E-state index in [0.29, 0.717) is 5.69 Å². The number of aryl methyl sites for hydroxylation is 1. The largest absolute Gasteiger partial charge is 0.301 e. The average molecular weight is 321 g/mol. The second-order valence-electron chi connectivity index (χ2n) is 4.18. The molecule has 0 saturated carbocycles. The highest BCUT2D eigenvalue weighted by Crippen LogP contribution is 2.21. The lowest BCUT2D eigenvalue weighted by Gasteiger charge is -2.21. The molecule has 0 heterocycles. The third kappa shape index (κ3) is 3.69. The van der Waals surface area contributed by atoms with Crippen molar-refractivity contribution in [1.82, 2.24) is 4.31 Å². The lowest BCUT2D eigenvalue weighted by atomic mass is 10.2. The first-order valence-corrected chi connectivity index (χ1v) is 7.49. The Morgan fingerprint density at radius 1 is 1.35 bits per heavy atom. The molecule has 6 heteroatoms. The highest BCUT2D eigenvalue weighted by atomic mass is 79.9. The lowest BCUT2D eigenvalue weighted by Crippen LogP contribution is -2.37. The predicted octanol–water partition coefficient (Wildman–Crippen LogP) is 2.75. The van der Waals surface area contributed by atoms with Gasteiger partial charge >= 0.3 is 10.2 Å². The molecule has 1 aromatic rings. The van der Waals surface area contributed by atoms with Crippen LogP contribution in [-0.4, -0.2) is 25.8 Å². The van der Waals surface area contributed by atoms with Crippen molar-refractivity contribution in [2.24, 2.45) is 0 Å². The molecule has 0 spiro atoms. The van der Waals surface area contributed by atoms with Gasteiger partial charge in [-0.3, -0.25) is 4.72 Å². The van der Waals surface area contributed by atoms with Crippen molar-refractivity contribution in [1.29, 1.82) is 0 Å². The highest BCUT2D eigenvalue weighted by Gasteiger charge is 2.20. The summed E-state index contributed by atoms with van der Waals surface area (Å²) in [5.74, 6) is 0. The van der Waals surface area contributed by atoms with Crippen molar-refractivity contribution in [2.75, 3.05) is 11.8 Å². The van der Waals surface area contributed by atoms with Gasteiger partial charge in [0.1, 0.15) is 0 Å². The summed E-state index contributed by atoms with van der Waals surface area (Å²) >= 11 is 3.37. The van der Waals surface area contributed by atoms with E-state index in [-0.39, 0.29) is 6.04 Å². The van der Waals surface area contributed by atoms with E-state index in [4.69, 9.17) is 0 Å². The van der Waals surface area contributed by atoms with Crippen molar-refractivity contribution >= 4 is 31.8 Å². The molecule has 0 radical (unpaired) electrons. The summed E-state index contributed by atoms with van der Waals surface area (Å²) in [7, 11) is -1.92. The lowest BCUT2D eigenvalue weighted by molar-refractivity contribution is 0.414. The van der Waals surface area contributed by atoms with Gasteiger partial charge in [-0.15, -0.1) is 0 Å². The van der Waals surface area contributed by atoms with Crippen LogP contribution in [0.1, 0.15) is 19.4 Å². The monoisotopic (exact) mass is 320 g/mol. The maximum absolute atomic E-state index is 11.9. The molecule has 1 aromatic carbocycles. The zero-order chi connectivity index (χ0) is 13.2. The van der Waals surface area contributed by atoms with Crippen LogP contribution < -0.4 is 4.72 Å². The standard InChI is InChI=1S/C11H17BrN2O2S/c1-8(2)14(4)17(15,16)13-10-5-6-11(12)9(3)7-10/h5-8,13H,1-4H3. The summed E-state index contributed by atoms with van der Waals surface area (Å²) in [6.07, 6.45) is 0. The number of hydrogen-bond donors (Lipinski definition) is 1. The van der Waals surface area contributed by atoms with Gasteiger partial charge in [0.25, 0.3) is 0 Å². The summed E-state index contributed by atoms with van der Waals surface area (Å²) in [4.78, 5) is 0. The molecule has 0 aromatic heterocycles. The first-order valence-electron chi connectivity index (χ1n) is 5.26. The first-order chi connectivity index (χ1) is 7.74. The molecular weight excluding hydrogens is 304 g/mol. The van der Waals surface area contributed by atoms with Crippen molar-refractivity contribution < 1.29 is 8.42 Å². The Morgan fingerprint density at radius 3 is 2.41 bits per heavy atom. The molecule has 0 bridgehead atoms. The Hall–Kier alpha value is -0.590. The van der Waals surface area contributed by atoms with Gasteiger partial charge in [-0.25, -0.2) is 0 Å². The number of benzene rings is 1. The van der Waals surface area contributed by atoms with Gasteiger partial charge in [0.2, 0.25) is 0 Å². The number of nitrogens with one attached hydrogen (secondary N) is 1. The molecule has 0 aliphatic rings. The SMILES string of the molecule is Cc1cc(NS(=O)(=O)N(C)C(C)C)ccc1Br. The van der Waals surface area contributed by atoms with E-state index in [1.807, 2.05) is 26.8 Å². The summed E-state index contributed by atoms with van der Waals surface area (Å²) < 4.78 is 28.7. The number of anilines is 1. The van der Waals surface area contributed by atoms with Crippen LogP contribution in [0.3, 0.4) is 0 Å². The summed E-state index contributed by atoms with van der Waals surface area (Å²) in [5, 5.41) is 0. The minimum Gasteiger partial charge on any atom is -0.271 e. The van der Waals surface area contributed by atoms with Crippen LogP contribution in [0.5, 0.6) is 0 Å². The van der Waals surface area contributed by atoms with Gasteiger partial charge in [0, 0.05) is 17.6 Å². The number of nitrogens with zero attached hydrogens (tertiary/aromatic N) is 1. The van der Waals surface area contributed by atoms with Crippen molar-refractivity contribution in [3.05, 3.63) is 28.2 Å². The molecule has 17 heavy (non-hydrogen) atoms. The van der Waals surface area contributed by atoms with E-state index in [1.54, 1.807) is 19.2 Å². The van der Waals surface area contributed by atoms with E-state index in [9.17, 15) is 8.42 Å². The maximum Gasteiger partial charge on any atom is 0.301 e. The summed E-state index contributed by atoms with van der Waals surface area (Å²) in [6.45, 7) is 5.56. The Morgan fingerprint density at radius 2 is 1.94 bits per heavy atom. The van der Waals surface area contributed by atoms with Crippen LogP contribution >= 0.6 is 15.9 Å². The fourth-order valence-electron chi connectivity index (χ4n) is 1.21. The smallest absolute Gasteiger partial charge is 0.271 e. The fourth-order valence-corrected chi connectivity index (χ4v) is 2.58. The highest BCUT2D eigenvalue weighted by molar-refractivity contribution is 9.10. The Bertz CT molecular complexity index is 500. The molecule has 0 aliphatic heterocycles. The number of hydrogen-bond acceptors (Lipinski definition) is 2. The normalized spacial score (nSPS) is 12.2. The first kappa shape index (κ1) is 14.5. The topological polar surface area (TPSA) is 49.4 Å². The quantitative estimate of drug-likeness (QED) is 0.927. The molecule has 96 valence electrons. The molecule has 1 N–H and O–H groups in total. The molecule has 0 atom stereocenters. The van der Waals surface area contributed by atoms with E-state index in [1.165, 1.54) is 4.31 Å². The Balaban J connectivity index is 2.94. The van der Waals surface area contributed by atoms with E-state index in [2.05, 4.69) is 20.7 Å². The Kier molecular flexibility index (Phi) is 4.57. The molecular formula is C11H17BrN2O2S. The number of rotatable bonds is 4. The van der Waals surface area contributed by atoms with Gasteiger partial charge in [-0.1, -0.05) is 15.9 Å².